The number of alkyl halides is 3. The monoisotopic (exact) mass is 316 g/mol. The number of rotatable bonds is 0. The van der Waals surface area contributed by atoms with Gasteiger partial charge in [0.25, 0.3) is 0 Å². The lowest BCUT2D eigenvalue weighted by molar-refractivity contribution is 0.565. The van der Waals surface area contributed by atoms with Crippen LogP contribution < -0.4 is 0 Å². The minimum absolute atomic E-state index is 0.333. The third-order valence-corrected chi connectivity index (χ3v) is 2.22. The molecule has 0 aromatic carbocycles. The van der Waals surface area contributed by atoms with E-state index in [0.717, 1.165) is 5.56 Å². The molecule has 1 aromatic heterocycles. The molecule has 0 bridgehead atoms. The highest BCUT2D eigenvalue weighted by Crippen LogP contribution is 2.44. The Morgan fingerprint density at radius 2 is 2.00 bits per heavy atom. The van der Waals surface area contributed by atoms with Crippen molar-refractivity contribution in [2.24, 2.45) is 0 Å². The molecule has 1 nitrogen and oxygen atoms in total. The smallest absolute Gasteiger partial charge is 0.162 e. The van der Waals surface area contributed by atoms with E-state index in [1.165, 1.54) is 0 Å². The van der Waals surface area contributed by atoms with Crippen LogP contribution >= 0.6 is 47.8 Å². The summed E-state index contributed by atoms with van der Waals surface area (Å²) >= 11 is 10.0. The fraction of sp³-hybridized carbons (Fsp3) is 0.200. The third kappa shape index (κ3) is 2.09. The Hall–Kier alpha value is 0.720. The maximum absolute atomic E-state index is 4.85. The average molecular weight is 319 g/mol. The first kappa shape index (κ1) is 7.82. The standard InChI is InChI=1S/C5H3Br3O/c6-5(7,8)4-1-2-9-3-4/h1-3H. The summed E-state index contributed by atoms with van der Waals surface area (Å²) in [6.07, 6.45) is 3.27. The molecule has 9 heavy (non-hydrogen) atoms. The van der Waals surface area contributed by atoms with Crippen LogP contribution in [0.15, 0.2) is 23.0 Å². The second kappa shape index (κ2) is 2.76. The molecule has 0 saturated heterocycles. The first-order chi connectivity index (χ1) is 4.11. The highest BCUT2D eigenvalue weighted by atomic mass is 80.0. The summed E-state index contributed by atoms with van der Waals surface area (Å²) in [5, 5.41) is 0. The van der Waals surface area contributed by atoms with Crippen molar-refractivity contribution >= 4 is 47.8 Å². The van der Waals surface area contributed by atoms with Crippen molar-refractivity contribution in [2.75, 3.05) is 0 Å². The van der Waals surface area contributed by atoms with Gasteiger partial charge in [0.2, 0.25) is 0 Å². The van der Waals surface area contributed by atoms with E-state index < -0.39 is 0 Å². The fourth-order valence-electron chi connectivity index (χ4n) is 0.426. The van der Waals surface area contributed by atoms with Crippen molar-refractivity contribution in [1.82, 2.24) is 0 Å². The molecule has 0 fully saturated rings. The van der Waals surface area contributed by atoms with Gasteiger partial charge in [0.15, 0.2) is 2.14 Å². The second-order valence-electron chi connectivity index (χ2n) is 1.51. The Labute approximate surface area is 78.2 Å². The summed E-state index contributed by atoms with van der Waals surface area (Å²) < 4.78 is 4.52. The molecule has 0 radical (unpaired) electrons. The van der Waals surface area contributed by atoms with Crippen molar-refractivity contribution in [3.8, 4) is 0 Å². The zero-order chi connectivity index (χ0) is 6.91. The van der Waals surface area contributed by atoms with E-state index in [1.54, 1.807) is 12.5 Å². The van der Waals surface area contributed by atoms with Gasteiger partial charge in [-0.1, -0.05) is 47.8 Å². The Morgan fingerprint density at radius 3 is 2.22 bits per heavy atom. The van der Waals surface area contributed by atoms with Crippen LogP contribution in [0.5, 0.6) is 0 Å². The average Bonchev–Trinajstić information content (AvgIpc) is 2.08. The molecular formula is C5H3Br3O. The highest BCUT2D eigenvalue weighted by molar-refractivity contribution is 9.38. The van der Waals surface area contributed by atoms with Crippen LogP contribution in [0.1, 0.15) is 5.56 Å². The molecule has 50 valence electrons. The molecule has 0 spiro atoms. The summed E-state index contributed by atoms with van der Waals surface area (Å²) in [7, 11) is 0. The minimum atomic E-state index is -0.333. The highest BCUT2D eigenvalue weighted by Gasteiger charge is 2.21. The summed E-state index contributed by atoms with van der Waals surface area (Å²) in [6.45, 7) is 0. The topological polar surface area (TPSA) is 13.1 Å². The lowest BCUT2D eigenvalue weighted by Crippen LogP contribution is -1.92. The Morgan fingerprint density at radius 1 is 1.33 bits per heavy atom. The van der Waals surface area contributed by atoms with E-state index in [0.29, 0.717) is 0 Å². The molecule has 0 aliphatic rings. The molecule has 0 saturated carbocycles. The molecule has 0 atom stereocenters. The lowest BCUT2D eigenvalue weighted by Gasteiger charge is -2.06. The SMILES string of the molecule is BrC(Br)(Br)c1ccoc1. The van der Waals surface area contributed by atoms with Crippen molar-refractivity contribution in [1.29, 1.82) is 0 Å². The van der Waals surface area contributed by atoms with Gasteiger partial charge in [-0.05, 0) is 6.07 Å². The number of furan rings is 1. The van der Waals surface area contributed by atoms with E-state index in [9.17, 15) is 0 Å². The van der Waals surface area contributed by atoms with Crippen LogP contribution in [-0.2, 0) is 2.14 Å². The van der Waals surface area contributed by atoms with E-state index in [-0.39, 0.29) is 2.14 Å². The molecule has 0 amide bonds. The van der Waals surface area contributed by atoms with Crippen LogP contribution in [0.4, 0.5) is 0 Å². The minimum Gasteiger partial charge on any atom is -0.472 e. The van der Waals surface area contributed by atoms with Gasteiger partial charge < -0.3 is 4.42 Å². The first-order valence-corrected chi connectivity index (χ1v) is 4.58. The zero-order valence-corrected chi connectivity index (χ0v) is 9.03. The van der Waals surface area contributed by atoms with Crippen LogP contribution in [0.3, 0.4) is 0 Å². The predicted molar refractivity (Wildman–Crippen MR) is 47.2 cm³/mol. The van der Waals surface area contributed by atoms with Gasteiger partial charge in [-0.15, -0.1) is 0 Å². The first-order valence-electron chi connectivity index (χ1n) is 2.20. The Balaban J connectivity index is 2.90. The summed E-state index contributed by atoms with van der Waals surface area (Å²) in [5.74, 6) is 0. The van der Waals surface area contributed by atoms with E-state index in [4.69, 9.17) is 4.42 Å². The fourth-order valence-corrected chi connectivity index (χ4v) is 1.10. The molecule has 0 unspecified atom stereocenters. The molecule has 1 rings (SSSR count). The van der Waals surface area contributed by atoms with Crippen molar-refractivity contribution < 1.29 is 4.42 Å². The summed E-state index contributed by atoms with van der Waals surface area (Å²) in [4.78, 5) is 0. The van der Waals surface area contributed by atoms with Crippen LogP contribution in [0.2, 0.25) is 0 Å². The lowest BCUT2D eigenvalue weighted by atomic mass is 10.4. The number of hydrogen-bond acceptors (Lipinski definition) is 1. The molecule has 1 aromatic rings. The maximum Gasteiger partial charge on any atom is 0.162 e. The van der Waals surface area contributed by atoms with Crippen molar-refractivity contribution in [3.05, 3.63) is 24.2 Å². The molecular weight excluding hydrogens is 316 g/mol. The van der Waals surface area contributed by atoms with Crippen molar-refractivity contribution in [2.45, 2.75) is 2.14 Å². The van der Waals surface area contributed by atoms with E-state index in [1.807, 2.05) is 6.07 Å². The molecule has 0 aliphatic carbocycles. The molecule has 1 heterocycles. The maximum atomic E-state index is 4.85. The van der Waals surface area contributed by atoms with Crippen LogP contribution in [-0.4, -0.2) is 0 Å². The molecule has 0 aliphatic heterocycles. The Kier molecular flexibility index (Phi) is 2.40. The number of halogens is 3. The van der Waals surface area contributed by atoms with Gasteiger partial charge >= 0.3 is 0 Å². The van der Waals surface area contributed by atoms with Gasteiger partial charge in [-0.25, -0.2) is 0 Å². The van der Waals surface area contributed by atoms with Gasteiger partial charge in [-0.2, -0.15) is 0 Å². The third-order valence-electron chi connectivity index (χ3n) is 0.849. The zero-order valence-electron chi connectivity index (χ0n) is 4.27. The van der Waals surface area contributed by atoms with Crippen molar-refractivity contribution in [3.63, 3.8) is 0 Å². The quantitative estimate of drug-likeness (QED) is 0.667. The van der Waals surface area contributed by atoms with Crippen LogP contribution in [0.25, 0.3) is 0 Å². The summed E-state index contributed by atoms with van der Waals surface area (Å²) in [6, 6.07) is 1.86. The van der Waals surface area contributed by atoms with Gasteiger partial charge in [0.1, 0.15) is 0 Å². The largest absolute Gasteiger partial charge is 0.472 e. The molecule has 0 N–H and O–H groups in total. The van der Waals surface area contributed by atoms with Gasteiger partial charge in [0.05, 0.1) is 12.5 Å². The van der Waals surface area contributed by atoms with Crippen LogP contribution in [0, 0.1) is 0 Å². The number of hydrogen-bond donors (Lipinski definition) is 0. The predicted octanol–water partition coefficient (Wildman–Crippen LogP) is 3.57. The summed E-state index contributed by atoms with van der Waals surface area (Å²) in [5.41, 5.74) is 1.00. The van der Waals surface area contributed by atoms with Gasteiger partial charge in [0, 0.05) is 5.56 Å². The molecule has 4 heteroatoms. The van der Waals surface area contributed by atoms with E-state index >= 15 is 0 Å². The van der Waals surface area contributed by atoms with E-state index in [2.05, 4.69) is 47.8 Å². The van der Waals surface area contributed by atoms with Gasteiger partial charge in [-0.3, -0.25) is 0 Å². The normalized spacial score (nSPS) is 11.9. The second-order valence-corrected chi connectivity index (χ2v) is 8.27. The Bertz CT molecular complexity index is 175.